The monoisotopic (exact) mass is 451 g/mol. The zero-order chi connectivity index (χ0) is 21.6. The summed E-state index contributed by atoms with van der Waals surface area (Å²) < 4.78 is 13.0. The number of carbonyl (C=O) groups is 1. The number of aromatic nitrogens is 2. The summed E-state index contributed by atoms with van der Waals surface area (Å²) in [7, 11) is 1.65. The number of hydrogen-bond donors (Lipinski definition) is 0. The van der Waals surface area contributed by atoms with Crippen LogP contribution in [0.1, 0.15) is 56.0 Å². The number of halogens is 2. The number of rotatable bonds is 3. The van der Waals surface area contributed by atoms with Crippen molar-refractivity contribution in [2.24, 2.45) is 0 Å². The van der Waals surface area contributed by atoms with Crippen LogP contribution in [0.2, 0.25) is 10.0 Å². The van der Waals surface area contributed by atoms with Gasteiger partial charge in [-0.2, -0.15) is 5.10 Å². The van der Waals surface area contributed by atoms with E-state index in [4.69, 9.17) is 37.8 Å². The average molecular weight is 452 g/mol. The summed E-state index contributed by atoms with van der Waals surface area (Å²) >= 11 is 12.8. The summed E-state index contributed by atoms with van der Waals surface area (Å²) in [5.74, 6) is 0.955. The van der Waals surface area contributed by atoms with E-state index in [-0.39, 0.29) is 18.1 Å². The van der Waals surface area contributed by atoms with Gasteiger partial charge in [-0.25, -0.2) is 4.79 Å². The normalized spacial score (nSPS) is 21.1. The molecule has 1 aromatic carbocycles. The fourth-order valence-corrected chi connectivity index (χ4v) is 4.80. The molecule has 6 nitrogen and oxygen atoms in total. The van der Waals surface area contributed by atoms with Gasteiger partial charge in [-0.05, 0) is 63.6 Å². The number of carbonyl (C=O) groups excluding carboxylic acids is 1. The number of amides is 1. The van der Waals surface area contributed by atoms with Crippen LogP contribution in [0, 0.1) is 0 Å². The van der Waals surface area contributed by atoms with E-state index in [1.807, 2.05) is 31.5 Å². The van der Waals surface area contributed by atoms with E-state index in [2.05, 4.69) is 6.20 Å². The highest BCUT2D eigenvalue weighted by Gasteiger charge is 2.34. The summed E-state index contributed by atoms with van der Waals surface area (Å²) in [4.78, 5) is 14.1. The fraction of sp³-hybridized carbons (Fsp3) is 0.545. The molecule has 1 saturated heterocycles. The fourth-order valence-electron chi connectivity index (χ4n) is 4.33. The lowest BCUT2D eigenvalue weighted by molar-refractivity contribution is 0.0288. The second-order valence-corrected chi connectivity index (χ2v) is 9.82. The van der Waals surface area contributed by atoms with Gasteiger partial charge < -0.3 is 14.4 Å². The minimum absolute atomic E-state index is 0.172. The van der Waals surface area contributed by atoms with Crippen molar-refractivity contribution in [3.63, 3.8) is 0 Å². The molecule has 0 radical (unpaired) electrons. The highest BCUT2D eigenvalue weighted by Crippen LogP contribution is 2.44. The molecule has 8 heteroatoms. The van der Waals surface area contributed by atoms with Crippen LogP contribution >= 0.6 is 23.2 Å². The lowest BCUT2D eigenvalue weighted by Crippen LogP contribution is -2.35. The molecule has 4 rings (SSSR count). The van der Waals surface area contributed by atoms with E-state index in [0.717, 1.165) is 36.3 Å². The van der Waals surface area contributed by atoms with Gasteiger partial charge in [-0.1, -0.05) is 23.2 Å². The first-order chi connectivity index (χ1) is 14.2. The van der Waals surface area contributed by atoms with Crippen molar-refractivity contribution in [3.8, 4) is 5.75 Å². The summed E-state index contributed by atoms with van der Waals surface area (Å²) in [6.45, 7) is 6.95. The van der Waals surface area contributed by atoms with E-state index >= 15 is 0 Å². The SMILES string of the molecule is COc1ccc(Cl)c(Cl)c1C1Cc2cn([C@@H]3CCN(C(=O)OC(C)(C)C)C3)nc2C1. The Morgan fingerprint density at radius 3 is 2.67 bits per heavy atom. The van der Waals surface area contributed by atoms with Gasteiger partial charge in [0, 0.05) is 24.8 Å². The predicted molar refractivity (Wildman–Crippen MR) is 117 cm³/mol. The topological polar surface area (TPSA) is 56.6 Å². The van der Waals surface area contributed by atoms with Crippen LogP contribution in [-0.4, -0.2) is 46.6 Å². The molecule has 1 aliphatic carbocycles. The summed E-state index contributed by atoms with van der Waals surface area (Å²) in [5, 5.41) is 5.94. The third kappa shape index (κ3) is 4.12. The van der Waals surface area contributed by atoms with Gasteiger partial charge in [-0.3, -0.25) is 4.68 Å². The number of likely N-dealkylation sites (tertiary alicyclic amines) is 1. The summed E-state index contributed by atoms with van der Waals surface area (Å²) in [5.41, 5.74) is 2.76. The molecule has 30 heavy (non-hydrogen) atoms. The molecular weight excluding hydrogens is 425 g/mol. The molecule has 0 spiro atoms. The Hall–Kier alpha value is -1.92. The minimum Gasteiger partial charge on any atom is -0.496 e. The molecule has 1 amide bonds. The van der Waals surface area contributed by atoms with Crippen molar-refractivity contribution < 1.29 is 14.3 Å². The number of fused-ring (bicyclic) bond motifs is 1. The standard InChI is InChI=1S/C22H27Cl2N3O3/c1-22(2,3)30-21(28)26-8-7-15(12-26)27-11-14-9-13(10-17(14)25-27)19-18(29-4)6-5-16(23)20(19)24/h5-6,11,13,15H,7-10,12H2,1-4H3/t13?,15-/m1/s1. The van der Waals surface area contributed by atoms with E-state index in [0.29, 0.717) is 23.1 Å². The summed E-state index contributed by atoms with van der Waals surface area (Å²) in [6, 6.07) is 3.80. The molecule has 1 aliphatic heterocycles. The van der Waals surface area contributed by atoms with Gasteiger partial charge in [0.25, 0.3) is 0 Å². The number of nitrogens with zero attached hydrogens (tertiary/aromatic N) is 3. The smallest absolute Gasteiger partial charge is 0.410 e. The minimum atomic E-state index is -0.486. The Morgan fingerprint density at radius 2 is 2.00 bits per heavy atom. The zero-order valence-electron chi connectivity index (χ0n) is 17.7. The van der Waals surface area contributed by atoms with Gasteiger partial charge >= 0.3 is 6.09 Å². The molecule has 2 aromatic rings. The summed E-state index contributed by atoms with van der Waals surface area (Å²) in [6.07, 6.45) is 4.36. The van der Waals surface area contributed by atoms with Gasteiger partial charge in [0.05, 0.1) is 28.9 Å². The second-order valence-electron chi connectivity index (χ2n) is 9.03. The van der Waals surface area contributed by atoms with Crippen LogP contribution in [0.4, 0.5) is 4.79 Å². The predicted octanol–water partition coefficient (Wildman–Crippen LogP) is 5.26. The van der Waals surface area contributed by atoms with Crippen molar-refractivity contribution in [1.29, 1.82) is 0 Å². The van der Waals surface area contributed by atoms with Crippen LogP contribution in [0.25, 0.3) is 0 Å². The van der Waals surface area contributed by atoms with Crippen LogP contribution in [-0.2, 0) is 17.6 Å². The number of ether oxygens (including phenoxy) is 2. The van der Waals surface area contributed by atoms with Crippen molar-refractivity contribution in [2.75, 3.05) is 20.2 Å². The van der Waals surface area contributed by atoms with E-state index < -0.39 is 5.60 Å². The van der Waals surface area contributed by atoms with E-state index in [1.54, 1.807) is 18.1 Å². The van der Waals surface area contributed by atoms with Gasteiger partial charge in [0.1, 0.15) is 11.4 Å². The molecule has 162 valence electrons. The maximum Gasteiger partial charge on any atom is 0.410 e. The molecule has 1 fully saturated rings. The highest BCUT2D eigenvalue weighted by molar-refractivity contribution is 6.42. The first-order valence-corrected chi connectivity index (χ1v) is 11.0. The molecule has 1 aromatic heterocycles. The maximum atomic E-state index is 12.3. The maximum absolute atomic E-state index is 12.3. The Bertz CT molecular complexity index is 944. The molecule has 2 aliphatic rings. The molecule has 0 N–H and O–H groups in total. The average Bonchev–Trinajstić information content (AvgIpc) is 3.36. The van der Waals surface area contributed by atoms with Gasteiger partial charge in [0.2, 0.25) is 0 Å². The number of methoxy groups -OCH3 is 1. The first kappa shape index (κ1) is 21.3. The molecule has 2 heterocycles. The molecule has 0 saturated carbocycles. The van der Waals surface area contributed by atoms with E-state index in [9.17, 15) is 4.79 Å². The third-order valence-electron chi connectivity index (χ3n) is 5.71. The van der Waals surface area contributed by atoms with Crippen molar-refractivity contribution in [3.05, 3.63) is 45.2 Å². The Kier molecular flexibility index (Phi) is 5.66. The van der Waals surface area contributed by atoms with E-state index in [1.165, 1.54) is 5.56 Å². The second kappa shape index (κ2) is 7.97. The lowest BCUT2D eigenvalue weighted by atomic mass is 9.95. The van der Waals surface area contributed by atoms with Crippen LogP contribution < -0.4 is 4.74 Å². The number of hydrogen-bond acceptors (Lipinski definition) is 4. The van der Waals surface area contributed by atoms with Crippen molar-refractivity contribution in [1.82, 2.24) is 14.7 Å². The Morgan fingerprint density at radius 1 is 1.23 bits per heavy atom. The lowest BCUT2D eigenvalue weighted by Gasteiger charge is -2.24. The molecular formula is C22H27Cl2N3O3. The Labute approximate surface area is 187 Å². The van der Waals surface area contributed by atoms with Crippen LogP contribution in [0.15, 0.2) is 18.3 Å². The zero-order valence-corrected chi connectivity index (χ0v) is 19.3. The van der Waals surface area contributed by atoms with Crippen molar-refractivity contribution in [2.45, 2.75) is 57.6 Å². The quantitative estimate of drug-likeness (QED) is 0.637. The van der Waals surface area contributed by atoms with Gasteiger partial charge in [-0.15, -0.1) is 0 Å². The van der Waals surface area contributed by atoms with Crippen molar-refractivity contribution >= 4 is 29.3 Å². The third-order valence-corrected chi connectivity index (χ3v) is 6.53. The largest absolute Gasteiger partial charge is 0.496 e. The molecule has 1 unspecified atom stereocenters. The Balaban J connectivity index is 1.45. The highest BCUT2D eigenvalue weighted by atomic mass is 35.5. The molecule has 2 atom stereocenters. The van der Waals surface area contributed by atoms with Crippen LogP contribution in [0.5, 0.6) is 5.75 Å². The first-order valence-electron chi connectivity index (χ1n) is 10.2. The van der Waals surface area contributed by atoms with Crippen LogP contribution in [0.3, 0.4) is 0 Å². The number of benzene rings is 1. The molecule has 0 bridgehead atoms. The van der Waals surface area contributed by atoms with Gasteiger partial charge in [0.15, 0.2) is 0 Å².